The molecule has 0 saturated carbocycles. The van der Waals surface area contributed by atoms with E-state index in [1.54, 1.807) is 39.1 Å². The Morgan fingerprint density at radius 1 is 1.08 bits per heavy atom. The Labute approximate surface area is 153 Å². The van der Waals surface area contributed by atoms with E-state index in [1.807, 2.05) is 37.3 Å². The van der Waals surface area contributed by atoms with Gasteiger partial charge in [0, 0.05) is 12.4 Å². The number of carbonyl (C=O) groups is 2. The summed E-state index contributed by atoms with van der Waals surface area (Å²) >= 11 is 0. The highest BCUT2D eigenvalue weighted by Gasteiger charge is 2.21. The first-order chi connectivity index (χ1) is 12.2. The number of benzene rings is 1. The summed E-state index contributed by atoms with van der Waals surface area (Å²) in [5.74, 6) is 0. The van der Waals surface area contributed by atoms with Crippen molar-refractivity contribution in [3.63, 3.8) is 0 Å². The molecule has 6 heteroatoms. The number of allylic oxidation sites excluding steroid dienone is 3. The molecule has 2 amide bonds. The fraction of sp³-hybridized carbons (Fsp3) is 0.300. The van der Waals surface area contributed by atoms with Gasteiger partial charge in [-0.3, -0.25) is 10.2 Å². The molecule has 1 aromatic rings. The molecular weight excluding hydrogens is 332 g/mol. The number of carbonyl (C=O) groups excluding carboxylic acids is 2. The second-order valence-corrected chi connectivity index (χ2v) is 6.87. The molecular formula is C20H24N2O4. The maximum Gasteiger partial charge on any atom is 0.418 e. The SMILES string of the molecule is CC1=CN(C(=O)OC(C)(C)C)C=C(NC(=O)OCc2ccccc2)C=C1. The smallest absolute Gasteiger partial charge is 0.418 e. The molecule has 0 fully saturated rings. The van der Waals surface area contributed by atoms with Gasteiger partial charge in [-0.15, -0.1) is 0 Å². The molecule has 0 aliphatic carbocycles. The van der Waals surface area contributed by atoms with Crippen molar-refractivity contribution in [3.8, 4) is 0 Å². The Bertz CT molecular complexity index is 743. The van der Waals surface area contributed by atoms with Crippen LogP contribution in [0.3, 0.4) is 0 Å². The molecule has 0 saturated heterocycles. The Morgan fingerprint density at radius 3 is 2.42 bits per heavy atom. The predicted molar refractivity (Wildman–Crippen MR) is 98.8 cm³/mol. The van der Waals surface area contributed by atoms with E-state index in [9.17, 15) is 9.59 Å². The quantitative estimate of drug-likeness (QED) is 0.868. The Balaban J connectivity index is 2.01. The van der Waals surface area contributed by atoms with Crippen molar-refractivity contribution in [2.24, 2.45) is 0 Å². The maximum absolute atomic E-state index is 12.3. The molecule has 1 heterocycles. The number of amides is 2. The molecule has 0 aromatic heterocycles. The second-order valence-electron chi connectivity index (χ2n) is 6.87. The standard InChI is InChI=1S/C20H24N2O4/c1-15-10-11-17(13-22(12-15)19(24)26-20(2,3)4)21-18(23)25-14-16-8-6-5-7-9-16/h5-13H,14H2,1-4H3,(H,21,23). The molecule has 0 atom stereocenters. The van der Waals surface area contributed by atoms with Crippen LogP contribution in [0, 0.1) is 0 Å². The molecule has 2 rings (SSSR count). The highest BCUT2D eigenvalue weighted by molar-refractivity contribution is 5.73. The number of hydrogen-bond acceptors (Lipinski definition) is 4. The van der Waals surface area contributed by atoms with E-state index < -0.39 is 17.8 Å². The van der Waals surface area contributed by atoms with Gasteiger partial charge in [-0.1, -0.05) is 36.4 Å². The molecule has 1 aromatic carbocycles. The first-order valence-electron chi connectivity index (χ1n) is 8.30. The van der Waals surface area contributed by atoms with E-state index in [-0.39, 0.29) is 6.61 Å². The van der Waals surface area contributed by atoms with Crippen LogP contribution in [0.15, 0.2) is 66.2 Å². The van der Waals surface area contributed by atoms with E-state index in [1.165, 1.54) is 11.1 Å². The summed E-state index contributed by atoms with van der Waals surface area (Å²) in [5.41, 5.74) is 1.53. The van der Waals surface area contributed by atoms with Crippen LogP contribution in [-0.2, 0) is 16.1 Å². The zero-order valence-electron chi connectivity index (χ0n) is 15.5. The highest BCUT2D eigenvalue weighted by Crippen LogP contribution is 2.15. The van der Waals surface area contributed by atoms with Crippen molar-refractivity contribution < 1.29 is 19.1 Å². The van der Waals surface area contributed by atoms with Crippen LogP contribution in [0.2, 0.25) is 0 Å². The highest BCUT2D eigenvalue weighted by atomic mass is 16.6. The summed E-state index contributed by atoms with van der Waals surface area (Å²) in [5, 5.41) is 2.63. The first kappa shape index (κ1) is 19.3. The van der Waals surface area contributed by atoms with E-state index >= 15 is 0 Å². The number of hydrogen-bond donors (Lipinski definition) is 1. The first-order valence-corrected chi connectivity index (χ1v) is 8.30. The van der Waals surface area contributed by atoms with Gasteiger partial charge >= 0.3 is 12.2 Å². The molecule has 1 aliphatic rings. The van der Waals surface area contributed by atoms with Crippen LogP contribution < -0.4 is 5.32 Å². The lowest BCUT2D eigenvalue weighted by atomic mass is 10.2. The monoisotopic (exact) mass is 356 g/mol. The zero-order valence-corrected chi connectivity index (χ0v) is 15.5. The fourth-order valence-corrected chi connectivity index (χ4v) is 2.08. The van der Waals surface area contributed by atoms with Crippen LogP contribution in [-0.4, -0.2) is 22.7 Å². The second kappa shape index (κ2) is 8.38. The van der Waals surface area contributed by atoms with Crippen molar-refractivity contribution in [2.45, 2.75) is 39.9 Å². The van der Waals surface area contributed by atoms with Gasteiger partial charge in [0.25, 0.3) is 0 Å². The third-order valence-electron chi connectivity index (χ3n) is 3.21. The fourth-order valence-electron chi connectivity index (χ4n) is 2.08. The molecule has 1 aliphatic heterocycles. The maximum atomic E-state index is 12.3. The van der Waals surface area contributed by atoms with Crippen molar-refractivity contribution in [1.82, 2.24) is 10.2 Å². The average Bonchev–Trinajstić information content (AvgIpc) is 2.74. The van der Waals surface area contributed by atoms with Crippen LogP contribution in [0.1, 0.15) is 33.3 Å². The van der Waals surface area contributed by atoms with Crippen LogP contribution >= 0.6 is 0 Å². The van der Waals surface area contributed by atoms with Crippen molar-refractivity contribution in [1.29, 1.82) is 0 Å². The van der Waals surface area contributed by atoms with Crippen molar-refractivity contribution in [2.75, 3.05) is 0 Å². The topological polar surface area (TPSA) is 67.9 Å². The third kappa shape index (κ3) is 6.47. The zero-order chi connectivity index (χ0) is 19.2. The molecule has 26 heavy (non-hydrogen) atoms. The summed E-state index contributed by atoms with van der Waals surface area (Å²) in [6.45, 7) is 7.39. The molecule has 0 bridgehead atoms. The van der Waals surface area contributed by atoms with Crippen molar-refractivity contribution >= 4 is 12.2 Å². The Morgan fingerprint density at radius 2 is 1.77 bits per heavy atom. The van der Waals surface area contributed by atoms with Gasteiger partial charge in [-0.25, -0.2) is 9.59 Å². The van der Waals surface area contributed by atoms with Crippen LogP contribution in [0.4, 0.5) is 9.59 Å². The van der Waals surface area contributed by atoms with Gasteiger partial charge in [0.2, 0.25) is 0 Å². The summed E-state index contributed by atoms with van der Waals surface area (Å²) < 4.78 is 10.6. The Kier molecular flexibility index (Phi) is 6.22. The van der Waals surface area contributed by atoms with Gasteiger partial charge in [0.05, 0.1) is 5.70 Å². The lowest BCUT2D eigenvalue weighted by Crippen LogP contribution is -2.32. The van der Waals surface area contributed by atoms with Crippen LogP contribution in [0.5, 0.6) is 0 Å². The van der Waals surface area contributed by atoms with Gasteiger partial charge < -0.3 is 9.47 Å². The third-order valence-corrected chi connectivity index (χ3v) is 3.21. The van der Waals surface area contributed by atoms with Gasteiger partial charge in [-0.2, -0.15) is 0 Å². The molecule has 0 radical (unpaired) electrons. The minimum Gasteiger partial charge on any atom is -0.444 e. The summed E-state index contributed by atoms with van der Waals surface area (Å²) in [6.07, 6.45) is 5.47. The summed E-state index contributed by atoms with van der Waals surface area (Å²) in [7, 11) is 0. The summed E-state index contributed by atoms with van der Waals surface area (Å²) in [6, 6.07) is 9.39. The number of ether oxygens (including phenoxy) is 2. The normalized spacial score (nSPS) is 14.1. The minimum atomic E-state index is -0.616. The van der Waals surface area contributed by atoms with Gasteiger partial charge in [0.15, 0.2) is 0 Å². The molecule has 138 valence electrons. The number of rotatable bonds is 3. The molecule has 0 spiro atoms. The van der Waals surface area contributed by atoms with Crippen molar-refractivity contribution in [3.05, 3.63) is 71.7 Å². The number of nitrogens with one attached hydrogen (secondary N) is 1. The predicted octanol–water partition coefficient (Wildman–Crippen LogP) is 4.46. The number of alkyl carbamates (subject to hydrolysis) is 1. The average molecular weight is 356 g/mol. The number of nitrogens with zero attached hydrogens (tertiary/aromatic N) is 1. The summed E-state index contributed by atoms with van der Waals surface area (Å²) in [4.78, 5) is 25.6. The lowest BCUT2D eigenvalue weighted by Gasteiger charge is -2.23. The van der Waals surface area contributed by atoms with E-state index in [0.29, 0.717) is 5.70 Å². The van der Waals surface area contributed by atoms with Gasteiger partial charge in [0.1, 0.15) is 12.2 Å². The molecule has 6 nitrogen and oxygen atoms in total. The molecule has 0 unspecified atom stereocenters. The van der Waals surface area contributed by atoms with Crippen LogP contribution in [0.25, 0.3) is 0 Å². The Hall–Kier alpha value is -3.02. The van der Waals surface area contributed by atoms with E-state index in [4.69, 9.17) is 9.47 Å². The lowest BCUT2D eigenvalue weighted by molar-refractivity contribution is 0.0397. The minimum absolute atomic E-state index is 0.163. The van der Waals surface area contributed by atoms with E-state index in [2.05, 4.69) is 5.32 Å². The largest absolute Gasteiger partial charge is 0.444 e. The van der Waals surface area contributed by atoms with Gasteiger partial charge in [-0.05, 0) is 44.9 Å². The molecule has 1 N–H and O–H groups in total. The van der Waals surface area contributed by atoms with E-state index in [0.717, 1.165) is 11.1 Å².